The normalized spacial score (nSPS) is 16.6. The van der Waals surface area contributed by atoms with Crippen LogP contribution in [0.3, 0.4) is 0 Å². The van der Waals surface area contributed by atoms with Crippen LogP contribution in [-0.2, 0) is 14.8 Å². The van der Waals surface area contributed by atoms with Crippen molar-refractivity contribution in [3.63, 3.8) is 0 Å². The number of hydrogen-bond acceptors (Lipinski definition) is 7. The van der Waals surface area contributed by atoms with Crippen LogP contribution in [0.15, 0.2) is 56.6 Å². The molecule has 0 radical (unpaired) electrons. The molecule has 1 atom stereocenters. The van der Waals surface area contributed by atoms with Gasteiger partial charge in [0, 0.05) is 31.4 Å². The molecule has 1 unspecified atom stereocenters. The number of ether oxygens (including phenoxy) is 1. The molecule has 160 valence electrons. The highest BCUT2D eigenvalue weighted by Gasteiger charge is 2.17. The van der Waals surface area contributed by atoms with E-state index in [0.29, 0.717) is 30.8 Å². The van der Waals surface area contributed by atoms with Gasteiger partial charge in [-0.1, -0.05) is 12.1 Å². The Labute approximate surface area is 173 Å². The zero-order chi connectivity index (χ0) is 21.1. The van der Waals surface area contributed by atoms with Crippen molar-refractivity contribution in [2.45, 2.75) is 17.4 Å². The molecule has 2 heterocycles. The first-order valence-electron chi connectivity index (χ1n) is 9.64. The first-order valence-corrected chi connectivity index (χ1v) is 11.1. The number of nitrogens with one attached hydrogen (secondary N) is 2. The second kappa shape index (κ2) is 8.60. The van der Waals surface area contributed by atoms with Gasteiger partial charge < -0.3 is 14.3 Å². The second-order valence-corrected chi connectivity index (χ2v) is 8.84. The standard InChI is InChI=1S/C20H23N3O6S/c24-18(7-8-23-9-11-28-12-10-23)14-1-3-15(4-2-14)22-30(26,27)16-5-6-17-19(13-16)29-20(25)21-17/h1-6,13,18,22,24H,7-12H2,(H,21,25). The lowest BCUT2D eigenvalue weighted by molar-refractivity contribution is 0.0300. The van der Waals surface area contributed by atoms with Gasteiger partial charge in [-0.2, -0.15) is 0 Å². The van der Waals surface area contributed by atoms with Crippen molar-refractivity contribution < 1.29 is 22.7 Å². The number of nitrogens with zero attached hydrogens (tertiary/aromatic N) is 1. The van der Waals surface area contributed by atoms with E-state index in [4.69, 9.17) is 9.15 Å². The predicted octanol–water partition coefficient (Wildman–Crippen LogP) is 1.68. The Balaban J connectivity index is 1.40. The molecule has 4 rings (SSSR count). The molecule has 1 saturated heterocycles. The Morgan fingerprint density at radius 2 is 1.87 bits per heavy atom. The summed E-state index contributed by atoms with van der Waals surface area (Å²) in [4.78, 5) is 15.9. The number of aromatic nitrogens is 1. The number of hydrogen-bond donors (Lipinski definition) is 3. The molecule has 0 bridgehead atoms. The van der Waals surface area contributed by atoms with Gasteiger partial charge in [-0.25, -0.2) is 13.2 Å². The van der Waals surface area contributed by atoms with Gasteiger partial charge in [0.2, 0.25) is 0 Å². The zero-order valence-electron chi connectivity index (χ0n) is 16.2. The topological polar surface area (TPSA) is 125 Å². The summed E-state index contributed by atoms with van der Waals surface area (Å²) < 4.78 is 38.0. The maximum Gasteiger partial charge on any atom is 0.417 e. The number of benzene rings is 2. The monoisotopic (exact) mass is 433 g/mol. The highest BCUT2D eigenvalue weighted by molar-refractivity contribution is 7.92. The first-order chi connectivity index (χ1) is 14.4. The van der Waals surface area contributed by atoms with Crippen LogP contribution in [0.1, 0.15) is 18.1 Å². The van der Waals surface area contributed by atoms with Crippen molar-refractivity contribution in [1.82, 2.24) is 9.88 Å². The zero-order valence-corrected chi connectivity index (χ0v) is 17.0. The number of fused-ring (bicyclic) bond motifs is 1. The van der Waals surface area contributed by atoms with Crippen LogP contribution in [-0.4, -0.2) is 56.3 Å². The maximum absolute atomic E-state index is 12.6. The third-order valence-corrected chi connectivity index (χ3v) is 6.45. The summed E-state index contributed by atoms with van der Waals surface area (Å²) in [6.45, 7) is 3.94. The van der Waals surface area contributed by atoms with Crippen LogP contribution in [0.25, 0.3) is 11.1 Å². The Morgan fingerprint density at radius 1 is 1.13 bits per heavy atom. The molecule has 0 aliphatic carbocycles. The smallest absolute Gasteiger partial charge is 0.408 e. The van der Waals surface area contributed by atoms with E-state index >= 15 is 0 Å². The van der Waals surface area contributed by atoms with Crippen LogP contribution >= 0.6 is 0 Å². The molecule has 3 N–H and O–H groups in total. The highest BCUT2D eigenvalue weighted by Crippen LogP contribution is 2.23. The number of aromatic amines is 1. The summed E-state index contributed by atoms with van der Waals surface area (Å²) in [7, 11) is -3.86. The summed E-state index contributed by atoms with van der Waals surface area (Å²) in [6.07, 6.45) is -0.0372. The molecule has 1 aliphatic rings. The molecule has 1 fully saturated rings. The minimum atomic E-state index is -3.86. The van der Waals surface area contributed by atoms with Crippen molar-refractivity contribution in [3.8, 4) is 0 Å². The Kier molecular flexibility index (Phi) is 5.91. The van der Waals surface area contributed by atoms with E-state index in [0.717, 1.165) is 25.2 Å². The summed E-state index contributed by atoms with van der Waals surface area (Å²) in [5.41, 5.74) is 1.69. The SMILES string of the molecule is O=c1[nH]c2ccc(S(=O)(=O)Nc3ccc(C(O)CCN4CCOCC4)cc3)cc2o1. The van der Waals surface area contributed by atoms with Gasteiger partial charge in [-0.15, -0.1) is 0 Å². The van der Waals surface area contributed by atoms with E-state index < -0.39 is 21.9 Å². The van der Waals surface area contributed by atoms with E-state index in [1.54, 1.807) is 24.3 Å². The van der Waals surface area contributed by atoms with E-state index in [9.17, 15) is 18.3 Å². The molecule has 30 heavy (non-hydrogen) atoms. The van der Waals surface area contributed by atoms with E-state index in [1.165, 1.54) is 18.2 Å². The molecule has 0 saturated carbocycles. The van der Waals surface area contributed by atoms with E-state index in [2.05, 4.69) is 14.6 Å². The fourth-order valence-corrected chi connectivity index (χ4v) is 4.45. The minimum Gasteiger partial charge on any atom is -0.408 e. The number of anilines is 1. The fraction of sp³-hybridized carbons (Fsp3) is 0.350. The third kappa shape index (κ3) is 4.73. The van der Waals surface area contributed by atoms with Gasteiger partial charge >= 0.3 is 5.76 Å². The molecule has 0 spiro atoms. The molecule has 9 nitrogen and oxygen atoms in total. The first kappa shape index (κ1) is 20.6. The minimum absolute atomic E-state index is 0.0210. The molecule has 10 heteroatoms. The molecule has 1 aliphatic heterocycles. The average molecular weight is 433 g/mol. The van der Waals surface area contributed by atoms with Crippen molar-refractivity contribution in [2.24, 2.45) is 0 Å². The number of oxazole rings is 1. The van der Waals surface area contributed by atoms with Gasteiger partial charge in [0.05, 0.1) is 29.7 Å². The number of morpholine rings is 1. The van der Waals surface area contributed by atoms with Crippen molar-refractivity contribution >= 4 is 26.8 Å². The van der Waals surface area contributed by atoms with Crippen molar-refractivity contribution in [2.75, 3.05) is 37.6 Å². The van der Waals surface area contributed by atoms with Crippen LogP contribution in [0.5, 0.6) is 0 Å². The summed E-state index contributed by atoms with van der Waals surface area (Å²) in [5, 5.41) is 10.4. The quantitative estimate of drug-likeness (QED) is 0.518. The van der Waals surface area contributed by atoms with E-state index in [1.807, 2.05) is 0 Å². The van der Waals surface area contributed by atoms with Crippen LogP contribution in [0.2, 0.25) is 0 Å². The van der Waals surface area contributed by atoms with Gasteiger partial charge in [0.25, 0.3) is 10.0 Å². The molecular formula is C20H23N3O6S. The average Bonchev–Trinajstić information content (AvgIpc) is 3.12. The van der Waals surface area contributed by atoms with Crippen molar-refractivity contribution in [1.29, 1.82) is 0 Å². The number of sulfonamides is 1. The van der Waals surface area contributed by atoms with Crippen molar-refractivity contribution in [3.05, 3.63) is 58.6 Å². The predicted molar refractivity (Wildman–Crippen MR) is 111 cm³/mol. The molecular weight excluding hydrogens is 410 g/mol. The fourth-order valence-electron chi connectivity index (χ4n) is 3.38. The molecule has 0 amide bonds. The third-order valence-electron chi connectivity index (χ3n) is 5.07. The largest absolute Gasteiger partial charge is 0.417 e. The van der Waals surface area contributed by atoms with Gasteiger partial charge in [-0.05, 0) is 36.2 Å². The van der Waals surface area contributed by atoms with Gasteiger partial charge in [0.15, 0.2) is 5.58 Å². The van der Waals surface area contributed by atoms with Gasteiger partial charge in [0.1, 0.15) is 0 Å². The molecule has 1 aromatic heterocycles. The lowest BCUT2D eigenvalue weighted by atomic mass is 10.1. The lowest BCUT2D eigenvalue weighted by Crippen LogP contribution is -2.37. The Bertz CT molecular complexity index is 1160. The molecule has 2 aromatic carbocycles. The number of aliphatic hydroxyl groups is 1. The summed E-state index contributed by atoms with van der Waals surface area (Å²) >= 11 is 0. The number of H-pyrrole nitrogens is 1. The highest BCUT2D eigenvalue weighted by atomic mass is 32.2. The molecule has 3 aromatic rings. The van der Waals surface area contributed by atoms with Crippen LogP contribution in [0.4, 0.5) is 5.69 Å². The van der Waals surface area contributed by atoms with E-state index in [-0.39, 0.29) is 10.5 Å². The Morgan fingerprint density at radius 3 is 2.60 bits per heavy atom. The van der Waals surface area contributed by atoms with Crippen LogP contribution < -0.4 is 10.5 Å². The number of aliphatic hydroxyl groups excluding tert-OH is 1. The van der Waals surface area contributed by atoms with Crippen LogP contribution in [0, 0.1) is 0 Å². The summed E-state index contributed by atoms with van der Waals surface area (Å²) in [6, 6.07) is 10.8. The lowest BCUT2D eigenvalue weighted by Gasteiger charge is -2.27. The number of rotatable bonds is 7. The second-order valence-electron chi connectivity index (χ2n) is 7.16. The summed E-state index contributed by atoms with van der Waals surface area (Å²) in [5.74, 6) is -0.643. The Hall–Kier alpha value is -2.66. The maximum atomic E-state index is 12.6. The van der Waals surface area contributed by atoms with Gasteiger partial charge in [-0.3, -0.25) is 14.6 Å².